The molecule has 0 saturated carbocycles. The molecular weight excluding hydrogens is 262 g/mol. The molecule has 2 aliphatic rings. The predicted molar refractivity (Wildman–Crippen MR) is 72.5 cm³/mol. The second-order valence-corrected chi connectivity index (χ2v) is 5.79. The summed E-state index contributed by atoms with van der Waals surface area (Å²) in [6.07, 6.45) is 1.99. The maximum Gasteiger partial charge on any atom is 0.318 e. The summed E-state index contributed by atoms with van der Waals surface area (Å²) in [5.74, 6) is -1.56. The fraction of sp³-hybridized carbons (Fsp3) is 0.846. The van der Waals surface area contributed by atoms with Crippen LogP contribution in [0, 0.1) is 5.92 Å². The van der Waals surface area contributed by atoms with E-state index in [1.807, 2.05) is 19.0 Å². The molecule has 0 aliphatic carbocycles. The number of amides is 2. The lowest BCUT2D eigenvalue weighted by atomic mass is 10.0. The number of likely N-dealkylation sites (N-methyl/N-ethyl adjacent to an activating group) is 1. The molecule has 2 saturated heterocycles. The molecule has 2 amide bonds. The van der Waals surface area contributed by atoms with E-state index in [1.165, 1.54) is 0 Å². The number of nitrogens with one attached hydrogen (secondary N) is 1. The van der Waals surface area contributed by atoms with Crippen LogP contribution in [-0.4, -0.2) is 79.4 Å². The van der Waals surface area contributed by atoms with E-state index in [4.69, 9.17) is 9.84 Å². The van der Waals surface area contributed by atoms with Crippen LogP contribution in [0.15, 0.2) is 0 Å². The fourth-order valence-electron chi connectivity index (χ4n) is 2.90. The Labute approximate surface area is 118 Å². The van der Waals surface area contributed by atoms with Crippen LogP contribution >= 0.6 is 0 Å². The lowest BCUT2D eigenvalue weighted by molar-refractivity contribution is -0.142. The average molecular weight is 285 g/mol. The molecular formula is C13H23N3O4. The monoisotopic (exact) mass is 285 g/mol. The van der Waals surface area contributed by atoms with Crippen LogP contribution in [0.1, 0.15) is 12.8 Å². The Balaban J connectivity index is 1.92. The normalized spacial score (nSPS) is 29.9. The minimum Gasteiger partial charge on any atom is -0.481 e. The molecule has 7 nitrogen and oxygen atoms in total. The number of carboxylic acids is 1. The Morgan fingerprint density at radius 1 is 1.40 bits per heavy atom. The van der Waals surface area contributed by atoms with E-state index < -0.39 is 17.9 Å². The molecule has 2 heterocycles. The van der Waals surface area contributed by atoms with E-state index >= 15 is 0 Å². The molecule has 0 bridgehead atoms. The van der Waals surface area contributed by atoms with Crippen LogP contribution in [0.3, 0.4) is 0 Å². The summed E-state index contributed by atoms with van der Waals surface area (Å²) in [4.78, 5) is 27.3. The van der Waals surface area contributed by atoms with Crippen molar-refractivity contribution in [2.45, 2.75) is 24.9 Å². The van der Waals surface area contributed by atoms with Crippen molar-refractivity contribution in [1.29, 1.82) is 0 Å². The highest BCUT2D eigenvalue weighted by molar-refractivity contribution is 5.77. The topological polar surface area (TPSA) is 82.1 Å². The highest BCUT2D eigenvalue weighted by Gasteiger charge is 2.37. The Morgan fingerprint density at radius 3 is 2.80 bits per heavy atom. The minimum atomic E-state index is -0.918. The third kappa shape index (κ3) is 3.40. The van der Waals surface area contributed by atoms with Crippen LogP contribution in [-0.2, 0) is 9.53 Å². The zero-order valence-corrected chi connectivity index (χ0v) is 12.0. The number of likely N-dealkylation sites (tertiary alicyclic amines) is 1. The standard InChI is InChI=1S/C13H23N3O4/c1-15(2)6-9-4-3-5-16(9)13(19)14-11-8-20-7-10(11)12(17)18/h9-11H,3-8H2,1-2H3,(H,14,19)(H,17,18). The summed E-state index contributed by atoms with van der Waals surface area (Å²) in [6.45, 7) is 2.00. The fourth-order valence-corrected chi connectivity index (χ4v) is 2.90. The summed E-state index contributed by atoms with van der Waals surface area (Å²) in [7, 11) is 3.97. The number of hydrogen-bond donors (Lipinski definition) is 2. The molecule has 2 N–H and O–H groups in total. The van der Waals surface area contributed by atoms with Crippen LogP contribution in [0.4, 0.5) is 4.79 Å². The summed E-state index contributed by atoms with van der Waals surface area (Å²) < 4.78 is 5.16. The van der Waals surface area contributed by atoms with Crippen molar-refractivity contribution in [1.82, 2.24) is 15.1 Å². The Bertz CT molecular complexity index is 375. The molecule has 3 unspecified atom stereocenters. The van der Waals surface area contributed by atoms with Gasteiger partial charge in [-0.05, 0) is 26.9 Å². The number of hydrogen-bond acceptors (Lipinski definition) is 4. The van der Waals surface area contributed by atoms with Crippen molar-refractivity contribution in [2.75, 3.05) is 40.4 Å². The molecule has 2 rings (SSSR count). The second kappa shape index (κ2) is 6.41. The van der Waals surface area contributed by atoms with Gasteiger partial charge in [-0.2, -0.15) is 0 Å². The summed E-state index contributed by atoms with van der Waals surface area (Å²) in [5, 5.41) is 11.9. The number of rotatable bonds is 4. The Hall–Kier alpha value is -1.34. The number of nitrogens with zero attached hydrogens (tertiary/aromatic N) is 2. The van der Waals surface area contributed by atoms with Gasteiger partial charge in [0.25, 0.3) is 0 Å². The molecule has 7 heteroatoms. The van der Waals surface area contributed by atoms with Crippen LogP contribution in [0.25, 0.3) is 0 Å². The number of ether oxygens (including phenoxy) is 1. The Kier molecular flexibility index (Phi) is 4.82. The number of carboxylic acid groups (broad SMARTS) is 1. The molecule has 0 spiro atoms. The SMILES string of the molecule is CN(C)CC1CCCN1C(=O)NC1COCC1C(=O)O. The molecule has 2 fully saturated rings. The zero-order valence-electron chi connectivity index (χ0n) is 12.0. The minimum absolute atomic E-state index is 0.168. The summed E-state index contributed by atoms with van der Waals surface area (Å²) in [6, 6.07) is -0.396. The summed E-state index contributed by atoms with van der Waals surface area (Å²) in [5.41, 5.74) is 0. The molecule has 0 aromatic heterocycles. The molecule has 2 aliphatic heterocycles. The molecule has 0 aromatic carbocycles. The van der Waals surface area contributed by atoms with Gasteiger partial charge in [0, 0.05) is 19.1 Å². The maximum atomic E-state index is 12.3. The quantitative estimate of drug-likeness (QED) is 0.749. The molecule has 3 atom stereocenters. The first-order chi connectivity index (χ1) is 9.49. The maximum absolute atomic E-state index is 12.3. The van der Waals surface area contributed by atoms with Gasteiger partial charge in [-0.15, -0.1) is 0 Å². The van der Waals surface area contributed by atoms with E-state index in [9.17, 15) is 9.59 Å². The van der Waals surface area contributed by atoms with Crippen molar-refractivity contribution in [3.8, 4) is 0 Å². The first-order valence-corrected chi connectivity index (χ1v) is 7.01. The van der Waals surface area contributed by atoms with E-state index in [1.54, 1.807) is 0 Å². The van der Waals surface area contributed by atoms with Gasteiger partial charge in [0.15, 0.2) is 0 Å². The lowest BCUT2D eigenvalue weighted by Gasteiger charge is -2.29. The molecule has 20 heavy (non-hydrogen) atoms. The third-order valence-corrected chi connectivity index (χ3v) is 3.92. The highest BCUT2D eigenvalue weighted by atomic mass is 16.5. The van der Waals surface area contributed by atoms with Crippen molar-refractivity contribution < 1.29 is 19.4 Å². The number of aliphatic carboxylic acids is 1. The second-order valence-electron chi connectivity index (χ2n) is 5.79. The highest BCUT2D eigenvalue weighted by Crippen LogP contribution is 2.19. The van der Waals surface area contributed by atoms with Gasteiger partial charge in [0.2, 0.25) is 0 Å². The predicted octanol–water partition coefficient (Wildman–Crippen LogP) is -0.178. The lowest BCUT2D eigenvalue weighted by Crippen LogP contribution is -2.51. The number of carbonyl (C=O) groups excluding carboxylic acids is 1. The number of urea groups is 1. The Morgan fingerprint density at radius 2 is 2.15 bits per heavy atom. The summed E-state index contributed by atoms with van der Waals surface area (Å²) >= 11 is 0. The van der Waals surface area contributed by atoms with Crippen molar-refractivity contribution in [3.05, 3.63) is 0 Å². The van der Waals surface area contributed by atoms with Crippen molar-refractivity contribution in [2.24, 2.45) is 5.92 Å². The first kappa shape index (κ1) is 15.1. The van der Waals surface area contributed by atoms with Gasteiger partial charge in [-0.1, -0.05) is 0 Å². The van der Waals surface area contributed by atoms with Gasteiger partial charge >= 0.3 is 12.0 Å². The van der Waals surface area contributed by atoms with Gasteiger partial charge in [0.05, 0.1) is 19.3 Å². The van der Waals surface area contributed by atoms with Crippen molar-refractivity contribution in [3.63, 3.8) is 0 Å². The van der Waals surface area contributed by atoms with Gasteiger partial charge < -0.3 is 25.0 Å². The van der Waals surface area contributed by atoms with Crippen LogP contribution in [0.2, 0.25) is 0 Å². The molecule has 0 aromatic rings. The van der Waals surface area contributed by atoms with Gasteiger partial charge in [-0.25, -0.2) is 4.79 Å². The van der Waals surface area contributed by atoms with E-state index in [0.717, 1.165) is 25.9 Å². The van der Waals surface area contributed by atoms with Crippen molar-refractivity contribution >= 4 is 12.0 Å². The average Bonchev–Trinajstić information content (AvgIpc) is 2.96. The van der Waals surface area contributed by atoms with Crippen LogP contribution in [0.5, 0.6) is 0 Å². The zero-order chi connectivity index (χ0) is 14.7. The third-order valence-electron chi connectivity index (χ3n) is 3.92. The first-order valence-electron chi connectivity index (χ1n) is 7.01. The smallest absolute Gasteiger partial charge is 0.318 e. The molecule has 0 radical (unpaired) electrons. The largest absolute Gasteiger partial charge is 0.481 e. The van der Waals surface area contributed by atoms with Gasteiger partial charge in [0.1, 0.15) is 5.92 Å². The number of carbonyl (C=O) groups is 2. The van der Waals surface area contributed by atoms with Crippen LogP contribution < -0.4 is 5.32 Å². The van der Waals surface area contributed by atoms with E-state index in [-0.39, 0.29) is 25.3 Å². The van der Waals surface area contributed by atoms with E-state index in [0.29, 0.717) is 0 Å². The van der Waals surface area contributed by atoms with E-state index in [2.05, 4.69) is 10.2 Å². The molecule has 114 valence electrons. The van der Waals surface area contributed by atoms with Gasteiger partial charge in [-0.3, -0.25) is 4.79 Å².